The molecule has 23 heavy (non-hydrogen) atoms. The minimum absolute atomic E-state index is 0.183. The Labute approximate surface area is 144 Å². The smallest absolute Gasteiger partial charge is 0.253 e. The predicted molar refractivity (Wildman–Crippen MR) is 92.0 cm³/mol. The van der Waals surface area contributed by atoms with Crippen LogP contribution in [0.5, 0.6) is 0 Å². The number of aromatic nitrogens is 3. The summed E-state index contributed by atoms with van der Waals surface area (Å²) in [6.45, 7) is 1.29. The average molecular weight is 351 g/mol. The van der Waals surface area contributed by atoms with E-state index in [-0.39, 0.29) is 5.91 Å². The number of fused-ring (bicyclic) bond motifs is 1. The van der Waals surface area contributed by atoms with Crippen molar-refractivity contribution in [2.45, 2.75) is 43.7 Å². The van der Waals surface area contributed by atoms with E-state index in [1.807, 2.05) is 18.4 Å². The molecule has 3 rings (SSSR count). The first-order valence-corrected chi connectivity index (χ1v) is 9.32. The third-order valence-corrected chi connectivity index (χ3v) is 5.07. The van der Waals surface area contributed by atoms with E-state index in [0.717, 1.165) is 42.4 Å². The number of hydrogen-bond acceptors (Lipinski definition) is 4. The molecule has 7 heteroatoms. The largest absolute Gasteiger partial charge is 0.345 e. The normalized spacial score (nSPS) is 14.2. The van der Waals surface area contributed by atoms with Gasteiger partial charge < -0.3 is 9.88 Å². The van der Waals surface area contributed by atoms with Gasteiger partial charge in [-0.15, -0.1) is 22.0 Å². The fourth-order valence-corrected chi connectivity index (χ4v) is 3.38. The van der Waals surface area contributed by atoms with Crippen LogP contribution in [0.1, 0.15) is 41.3 Å². The predicted octanol–water partition coefficient (Wildman–Crippen LogP) is 3.31. The third kappa shape index (κ3) is 3.70. The number of nitrogens with zero attached hydrogens (tertiary/aromatic N) is 3. The van der Waals surface area contributed by atoms with Crippen LogP contribution in [0, 0.1) is 0 Å². The molecule has 0 atom stereocenters. The van der Waals surface area contributed by atoms with Crippen molar-refractivity contribution in [3.8, 4) is 0 Å². The highest BCUT2D eigenvalue weighted by Crippen LogP contribution is 2.23. The molecule has 1 aromatic heterocycles. The highest BCUT2D eigenvalue weighted by Gasteiger charge is 2.16. The van der Waals surface area contributed by atoms with Crippen molar-refractivity contribution in [2.75, 3.05) is 6.26 Å². The summed E-state index contributed by atoms with van der Waals surface area (Å²) < 4.78 is 2.13. The number of amides is 1. The maximum absolute atomic E-state index is 12.4. The lowest BCUT2D eigenvalue weighted by Gasteiger charge is -2.09. The molecule has 0 fully saturated rings. The zero-order valence-electron chi connectivity index (χ0n) is 13.0. The van der Waals surface area contributed by atoms with Gasteiger partial charge in [-0.05, 0) is 37.3 Å². The number of nitrogens with one attached hydrogen (secondary N) is 1. The topological polar surface area (TPSA) is 59.8 Å². The molecule has 1 aromatic carbocycles. The first-order valence-electron chi connectivity index (χ1n) is 7.71. The molecule has 0 unspecified atom stereocenters. The second-order valence-electron chi connectivity index (χ2n) is 5.52. The van der Waals surface area contributed by atoms with E-state index in [2.05, 4.69) is 20.1 Å². The number of aryl methyl sites for hydroxylation is 1. The molecule has 1 aliphatic rings. The summed E-state index contributed by atoms with van der Waals surface area (Å²) in [6, 6.07) is 5.47. The van der Waals surface area contributed by atoms with Gasteiger partial charge in [0, 0.05) is 17.9 Å². The highest BCUT2D eigenvalue weighted by atomic mass is 35.5. The van der Waals surface area contributed by atoms with Gasteiger partial charge in [0.05, 0.1) is 17.1 Å². The Hall–Kier alpha value is -1.53. The Balaban J connectivity index is 1.71. The van der Waals surface area contributed by atoms with Gasteiger partial charge in [0.15, 0.2) is 5.82 Å². The minimum atomic E-state index is -0.183. The molecule has 2 heterocycles. The molecule has 0 spiro atoms. The zero-order valence-corrected chi connectivity index (χ0v) is 14.6. The van der Waals surface area contributed by atoms with Gasteiger partial charge in [0.25, 0.3) is 5.91 Å². The molecular weight excluding hydrogens is 332 g/mol. The summed E-state index contributed by atoms with van der Waals surface area (Å²) in [6.07, 6.45) is 6.43. The number of thioether (sulfide) groups is 1. The van der Waals surface area contributed by atoms with E-state index in [0.29, 0.717) is 17.1 Å². The lowest BCUT2D eigenvalue weighted by molar-refractivity contribution is 0.0949. The van der Waals surface area contributed by atoms with Crippen LogP contribution in [0.25, 0.3) is 0 Å². The van der Waals surface area contributed by atoms with Crippen molar-refractivity contribution < 1.29 is 4.79 Å². The van der Waals surface area contributed by atoms with Gasteiger partial charge in [-0.2, -0.15) is 0 Å². The Morgan fingerprint density at radius 1 is 1.35 bits per heavy atom. The second-order valence-corrected chi connectivity index (χ2v) is 6.81. The van der Waals surface area contributed by atoms with Gasteiger partial charge in [-0.1, -0.05) is 18.0 Å². The van der Waals surface area contributed by atoms with Gasteiger partial charge in [0.1, 0.15) is 5.82 Å². The standard InChI is InChI=1S/C16H19ClN4OS/c1-23-11-6-7-13(17)12(9-11)16(22)18-10-15-20-19-14-5-3-2-4-8-21(14)15/h6-7,9H,2-5,8,10H2,1H3,(H,18,22). The van der Waals surface area contributed by atoms with E-state index in [1.165, 1.54) is 6.42 Å². The maximum atomic E-state index is 12.4. The first kappa shape index (κ1) is 16.3. The highest BCUT2D eigenvalue weighted by molar-refractivity contribution is 7.98. The van der Waals surface area contributed by atoms with Crippen LogP contribution in [0.3, 0.4) is 0 Å². The van der Waals surface area contributed by atoms with E-state index in [9.17, 15) is 4.79 Å². The zero-order chi connectivity index (χ0) is 16.2. The quantitative estimate of drug-likeness (QED) is 0.859. The molecule has 0 radical (unpaired) electrons. The van der Waals surface area contributed by atoms with Crippen LogP contribution < -0.4 is 5.32 Å². The third-order valence-electron chi connectivity index (χ3n) is 4.01. The van der Waals surface area contributed by atoms with Gasteiger partial charge >= 0.3 is 0 Å². The van der Waals surface area contributed by atoms with Crippen molar-refractivity contribution in [3.63, 3.8) is 0 Å². The number of carbonyl (C=O) groups excluding carboxylic acids is 1. The van der Waals surface area contributed by atoms with Gasteiger partial charge in [-0.25, -0.2) is 0 Å². The molecule has 1 aliphatic heterocycles. The summed E-state index contributed by atoms with van der Waals surface area (Å²) >= 11 is 7.72. The number of rotatable bonds is 4. The summed E-state index contributed by atoms with van der Waals surface area (Å²) in [5, 5.41) is 11.8. The van der Waals surface area contributed by atoms with E-state index in [1.54, 1.807) is 17.8 Å². The monoisotopic (exact) mass is 350 g/mol. The van der Waals surface area contributed by atoms with Crippen molar-refractivity contribution in [3.05, 3.63) is 40.4 Å². The number of carbonyl (C=O) groups is 1. The van der Waals surface area contributed by atoms with E-state index in [4.69, 9.17) is 11.6 Å². The lowest BCUT2D eigenvalue weighted by atomic mass is 10.2. The van der Waals surface area contributed by atoms with Gasteiger partial charge in [0.2, 0.25) is 0 Å². The number of hydrogen-bond donors (Lipinski definition) is 1. The van der Waals surface area contributed by atoms with Crippen molar-refractivity contribution in [1.82, 2.24) is 20.1 Å². The molecule has 0 bridgehead atoms. The maximum Gasteiger partial charge on any atom is 0.253 e. The van der Waals surface area contributed by atoms with Crippen LogP contribution in [0.15, 0.2) is 23.1 Å². The molecule has 5 nitrogen and oxygen atoms in total. The van der Waals surface area contributed by atoms with E-state index < -0.39 is 0 Å². The van der Waals surface area contributed by atoms with Crippen molar-refractivity contribution in [2.24, 2.45) is 0 Å². The fraction of sp³-hybridized carbons (Fsp3) is 0.438. The summed E-state index contributed by atoms with van der Waals surface area (Å²) in [7, 11) is 0. The van der Waals surface area contributed by atoms with Crippen molar-refractivity contribution in [1.29, 1.82) is 0 Å². The Bertz CT molecular complexity index is 716. The van der Waals surface area contributed by atoms with Crippen LogP contribution in [0.4, 0.5) is 0 Å². The van der Waals surface area contributed by atoms with Crippen molar-refractivity contribution >= 4 is 29.3 Å². The van der Waals surface area contributed by atoms with Crippen LogP contribution in [-0.2, 0) is 19.5 Å². The lowest BCUT2D eigenvalue weighted by Crippen LogP contribution is -2.25. The number of halogens is 1. The first-order chi connectivity index (χ1) is 11.2. The average Bonchev–Trinajstić information content (AvgIpc) is 2.79. The van der Waals surface area contributed by atoms with Crippen LogP contribution in [0.2, 0.25) is 5.02 Å². The fourth-order valence-electron chi connectivity index (χ4n) is 2.74. The number of benzene rings is 1. The second kappa shape index (κ2) is 7.36. The SMILES string of the molecule is CSc1ccc(Cl)c(C(=O)NCc2nnc3n2CCCCC3)c1. The Morgan fingerprint density at radius 2 is 2.22 bits per heavy atom. The summed E-state index contributed by atoms with van der Waals surface area (Å²) in [5.74, 6) is 1.65. The molecule has 0 saturated carbocycles. The molecule has 1 N–H and O–H groups in total. The minimum Gasteiger partial charge on any atom is -0.345 e. The Kier molecular flexibility index (Phi) is 5.23. The molecule has 0 saturated heterocycles. The van der Waals surface area contributed by atoms with Crippen LogP contribution >= 0.6 is 23.4 Å². The van der Waals surface area contributed by atoms with Crippen LogP contribution in [-0.4, -0.2) is 26.9 Å². The Morgan fingerprint density at radius 3 is 3.04 bits per heavy atom. The summed E-state index contributed by atoms with van der Waals surface area (Å²) in [4.78, 5) is 13.4. The van der Waals surface area contributed by atoms with Gasteiger partial charge in [-0.3, -0.25) is 4.79 Å². The molecule has 0 aliphatic carbocycles. The summed E-state index contributed by atoms with van der Waals surface area (Å²) in [5.41, 5.74) is 0.495. The van der Waals surface area contributed by atoms with E-state index >= 15 is 0 Å². The molecule has 122 valence electrons. The molecule has 1 amide bonds. The molecular formula is C16H19ClN4OS. The molecule has 2 aromatic rings.